The average molecular weight is 882 g/mol. The minimum absolute atomic E-state index is 0.00174. The molecule has 2 aromatic heterocycles. The number of nitrogens with two attached hydrogens (primary N) is 1. The number of likely N-dealkylation sites (N-methyl/N-ethyl adjacent to an activating group) is 1. The number of hydrogen-bond donors (Lipinski definition) is 9. The minimum atomic E-state index is -1.44. The number of rotatable bonds is 18. The predicted octanol–water partition coefficient (Wildman–Crippen LogP) is 1.25. The number of carbonyl (C=O) groups excluding carboxylic acids is 4. The molecule has 1 unspecified atom stereocenters. The van der Waals surface area contributed by atoms with Gasteiger partial charge in [0.1, 0.15) is 24.2 Å². The summed E-state index contributed by atoms with van der Waals surface area (Å²) in [5, 5.41) is 34.1. The van der Waals surface area contributed by atoms with Crippen LogP contribution in [0.1, 0.15) is 51.0 Å². The van der Waals surface area contributed by atoms with Crippen LogP contribution < -0.4 is 38.2 Å². The molecule has 0 saturated carbocycles. The molecule has 340 valence electrons. The van der Waals surface area contributed by atoms with Gasteiger partial charge in [0.15, 0.2) is 6.23 Å². The van der Waals surface area contributed by atoms with Crippen molar-refractivity contribution in [1.29, 1.82) is 0 Å². The standard InChI is InChI=1S/C45H55N9O10/c1-24(2)17-34(49-44(62)50-35(43(60)61)20-29-22-47-33-12-8-7-11-31(29)33)39(57)52-38(40(58)48-23-30-21-36(55)42(64-30)54-16-15-37(56)51-45(54)63)25(3)53(4)41(59)32(46)19-26-13-14-27-9-5-6-10-28(27)18-26/h5-16,18,22,24-25,30,32,34-36,38,42,47,55H,17,19-21,23,46H2,1-4H3,(H,48,58)(H,52,57)(H,60,61)(H2,49,50,62)(H,51,56,63)/t25-,30+,32?,34-,35-,36+,38-,42+/m0/s1. The third-order valence-electron chi connectivity index (χ3n) is 11.4. The first-order valence-corrected chi connectivity index (χ1v) is 21.1. The number of ether oxygens (including phenoxy) is 1. The number of nitrogens with zero attached hydrogens (tertiary/aromatic N) is 2. The topological polar surface area (TPSA) is 283 Å². The number of aromatic amines is 2. The van der Waals surface area contributed by atoms with Gasteiger partial charge in [-0.3, -0.25) is 28.7 Å². The van der Waals surface area contributed by atoms with Crippen molar-refractivity contribution < 1.29 is 38.9 Å². The molecular formula is C45H55N9O10. The van der Waals surface area contributed by atoms with Gasteiger partial charge < -0.3 is 51.8 Å². The molecule has 19 nitrogen and oxygen atoms in total. The summed E-state index contributed by atoms with van der Waals surface area (Å²) in [7, 11) is 1.46. The molecule has 8 atom stereocenters. The lowest BCUT2D eigenvalue weighted by atomic mass is 9.99. The highest BCUT2D eigenvalue weighted by Crippen LogP contribution is 2.27. The van der Waals surface area contributed by atoms with Crippen molar-refractivity contribution in [3.63, 3.8) is 0 Å². The van der Waals surface area contributed by atoms with E-state index < -0.39 is 89.6 Å². The van der Waals surface area contributed by atoms with E-state index >= 15 is 0 Å². The number of aliphatic carboxylic acids is 1. The Morgan fingerprint density at radius 3 is 2.33 bits per heavy atom. The van der Waals surface area contributed by atoms with Crippen molar-refractivity contribution >= 4 is 51.4 Å². The molecule has 6 rings (SSSR count). The Morgan fingerprint density at radius 2 is 1.61 bits per heavy atom. The maximum atomic E-state index is 14.2. The van der Waals surface area contributed by atoms with Crippen LogP contribution in [0, 0.1) is 5.92 Å². The summed E-state index contributed by atoms with van der Waals surface area (Å²) >= 11 is 0. The first-order chi connectivity index (χ1) is 30.5. The van der Waals surface area contributed by atoms with Crippen LogP contribution in [-0.2, 0) is 36.8 Å². The second-order valence-electron chi connectivity index (χ2n) is 16.6. The maximum Gasteiger partial charge on any atom is 0.330 e. The number of fused-ring (bicyclic) bond motifs is 2. The second-order valence-corrected chi connectivity index (χ2v) is 16.6. The number of benzene rings is 3. The summed E-state index contributed by atoms with van der Waals surface area (Å²) in [4.78, 5) is 98.5. The van der Waals surface area contributed by atoms with E-state index in [0.29, 0.717) is 5.56 Å². The molecule has 3 heterocycles. The monoisotopic (exact) mass is 881 g/mol. The van der Waals surface area contributed by atoms with Crippen molar-refractivity contribution in [3.8, 4) is 0 Å². The van der Waals surface area contributed by atoms with Crippen LogP contribution in [0.3, 0.4) is 0 Å². The van der Waals surface area contributed by atoms with Gasteiger partial charge in [0.25, 0.3) is 5.56 Å². The zero-order valence-corrected chi connectivity index (χ0v) is 35.9. The lowest BCUT2D eigenvalue weighted by Gasteiger charge is -2.34. The Hall–Kier alpha value is -6.83. The highest BCUT2D eigenvalue weighted by Gasteiger charge is 2.39. The Labute approximate surface area is 367 Å². The van der Waals surface area contributed by atoms with E-state index in [1.165, 1.54) is 18.1 Å². The zero-order valence-electron chi connectivity index (χ0n) is 35.9. The van der Waals surface area contributed by atoms with Crippen LogP contribution >= 0.6 is 0 Å². The van der Waals surface area contributed by atoms with Crippen LogP contribution in [-0.4, -0.2) is 115 Å². The predicted molar refractivity (Wildman–Crippen MR) is 237 cm³/mol. The van der Waals surface area contributed by atoms with E-state index in [4.69, 9.17) is 10.5 Å². The van der Waals surface area contributed by atoms with Gasteiger partial charge in [0.05, 0.1) is 18.2 Å². The molecule has 10 N–H and O–H groups in total. The molecule has 3 aromatic carbocycles. The van der Waals surface area contributed by atoms with E-state index in [9.17, 15) is 43.8 Å². The smallest absolute Gasteiger partial charge is 0.330 e. The van der Waals surface area contributed by atoms with Crippen LogP contribution in [0.5, 0.6) is 0 Å². The fourth-order valence-corrected chi connectivity index (χ4v) is 7.90. The first-order valence-electron chi connectivity index (χ1n) is 21.1. The fourth-order valence-electron chi connectivity index (χ4n) is 7.90. The number of aliphatic hydroxyl groups excluding tert-OH is 1. The molecule has 1 aliphatic rings. The zero-order chi connectivity index (χ0) is 46.2. The second kappa shape index (κ2) is 20.6. The molecule has 1 saturated heterocycles. The highest BCUT2D eigenvalue weighted by molar-refractivity contribution is 5.94. The largest absolute Gasteiger partial charge is 0.480 e. The van der Waals surface area contributed by atoms with Crippen molar-refractivity contribution in [3.05, 3.63) is 117 Å². The molecule has 19 heteroatoms. The van der Waals surface area contributed by atoms with E-state index in [0.717, 1.165) is 37.9 Å². The molecule has 1 aliphatic heterocycles. The number of hydrogen-bond acceptors (Lipinski definition) is 10. The number of urea groups is 1. The number of H-pyrrole nitrogens is 2. The Bertz CT molecular complexity index is 2610. The Kier molecular flexibility index (Phi) is 15.0. The summed E-state index contributed by atoms with van der Waals surface area (Å²) in [5.74, 6) is -3.50. The van der Waals surface area contributed by atoms with Crippen LogP contribution in [0.25, 0.3) is 21.7 Å². The molecule has 5 aromatic rings. The summed E-state index contributed by atoms with van der Waals surface area (Å²) in [6.45, 7) is 5.00. The van der Waals surface area contributed by atoms with Crippen molar-refractivity contribution in [2.75, 3.05) is 13.6 Å². The SMILES string of the molecule is CC(C)C[C@H](NC(=O)N[C@@H](Cc1c[nH]c2ccccc12)C(=O)O)C(=O)N[C@H](C(=O)NC[C@H]1C[C@@H](O)[C@H](n2ccc(=O)[nH]c2=O)O1)[C@H](C)N(C)C(=O)C(N)Cc1ccc2ccccc2c1. The molecule has 0 spiro atoms. The van der Waals surface area contributed by atoms with Gasteiger partial charge in [-0.2, -0.15) is 0 Å². The van der Waals surface area contributed by atoms with Gasteiger partial charge in [-0.25, -0.2) is 14.4 Å². The number of para-hydroxylation sites is 1. The molecule has 64 heavy (non-hydrogen) atoms. The third kappa shape index (κ3) is 11.4. The van der Waals surface area contributed by atoms with E-state index in [-0.39, 0.29) is 38.1 Å². The Morgan fingerprint density at radius 1 is 0.906 bits per heavy atom. The number of carbonyl (C=O) groups is 5. The van der Waals surface area contributed by atoms with Gasteiger partial charge >= 0.3 is 17.7 Å². The summed E-state index contributed by atoms with van der Waals surface area (Å²) in [5.41, 5.74) is 7.32. The molecule has 5 amide bonds. The summed E-state index contributed by atoms with van der Waals surface area (Å²) < 4.78 is 6.92. The quantitative estimate of drug-likeness (QED) is 0.0604. The van der Waals surface area contributed by atoms with Crippen LogP contribution in [0.2, 0.25) is 0 Å². The molecule has 0 bridgehead atoms. The lowest BCUT2D eigenvalue weighted by molar-refractivity contribution is -0.139. The number of amides is 5. The lowest BCUT2D eigenvalue weighted by Crippen LogP contribution is -2.63. The number of aromatic nitrogens is 3. The van der Waals surface area contributed by atoms with Gasteiger partial charge in [-0.05, 0) is 53.6 Å². The molecular weight excluding hydrogens is 827 g/mol. The van der Waals surface area contributed by atoms with Gasteiger partial charge in [0.2, 0.25) is 17.7 Å². The van der Waals surface area contributed by atoms with Crippen molar-refractivity contribution in [1.82, 2.24) is 40.7 Å². The van der Waals surface area contributed by atoms with E-state index in [2.05, 4.69) is 31.2 Å². The number of aliphatic hydroxyl groups is 1. The Balaban J connectivity index is 1.18. The van der Waals surface area contributed by atoms with Crippen molar-refractivity contribution in [2.24, 2.45) is 11.7 Å². The third-order valence-corrected chi connectivity index (χ3v) is 11.4. The summed E-state index contributed by atoms with van der Waals surface area (Å²) in [6, 6.07) is 14.9. The normalized spacial score (nSPS) is 18.5. The van der Waals surface area contributed by atoms with E-state index in [1.807, 2.05) is 80.6 Å². The van der Waals surface area contributed by atoms with Crippen LogP contribution in [0.15, 0.2) is 94.8 Å². The average Bonchev–Trinajstić information content (AvgIpc) is 3.85. The van der Waals surface area contributed by atoms with Gasteiger partial charge in [0, 0.05) is 55.8 Å². The minimum Gasteiger partial charge on any atom is -0.480 e. The summed E-state index contributed by atoms with van der Waals surface area (Å²) in [6.07, 6.45) is -0.0735. The molecule has 1 fully saturated rings. The maximum absolute atomic E-state index is 14.2. The number of carboxylic acids is 1. The van der Waals surface area contributed by atoms with Crippen molar-refractivity contribution in [2.45, 2.75) is 95.1 Å². The van der Waals surface area contributed by atoms with E-state index in [1.54, 1.807) is 13.1 Å². The van der Waals surface area contributed by atoms with Gasteiger partial charge in [-0.15, -0.1) is 0 Å². The molecule has 0 radical (unpaired) electrons. The highest BCUT2D eigenvalue weighted by atomic mass is 16.5. The number of carboxylic acid groups (broad SMARTS) is 1. The van der Waals surface area contributed by atoms with Gasteiger partial charge in [-0.1, -0.05) is 74.5 Å². The molecule has 0 aliphatic carbocycles. The number of nitrogens with one attached hydrogen (secondary N) is 6. The van der Waals surface area contributed by atoms with Crippen LogP contribution in [0.4, 0.5) is 4.79 Å². The fraction of sp³-hybridized carbons (Fsp3) is 0.400. The first kappa shape index (κ1) is 46.7.